The van der Waals surface area contributed by atoms with Crippen LogP contribution < -0.4 is 5.56 Å². The average molecular weight is 392 g/mol. The number of aromatic nitrogens is 2. The van der Waals surface area contributed by atoms with Crippen molar-refractivity contribution in [1.82, 2.24) is 14.3 Å². The van der Waals surface area contributed by atoms with E-state index in [0.717, 1.165) is 25.1 Å². The van der Waals surface area contributed by atoms with E-state index >= 15 is 0 Å². The normalized spacial score (nSPS) is 17.4. The lowest BCUT2D eigenvalue weighted by atomic mass is 10.2. The van der Waals surface area contributed by atoms with E-state index in [0.29, 0.717) is 16.5 Å². The molecule has 1 atom stereocenters. The van der Waals surface area contributed by atoms with Gasteiger partial charge in [-0.15, -0.1) is 34.4 Å². The molecule has 0 radical (unpaired) electrons. The maximum atomic E-state index is 12.6. The molecule has 1 unspecified atom stereocenters. The highest BCUT2D eigenvalue weighted by atomic mass is 32.2. The van der Waals surface area contributed by atoms with Crippen molar-refractivity contribution in [2.45, 2.75) is 24.6 Å². The van der Waals surface area contributed by atoms with Crippen LogP contribution in [0.25, 0.3) is 4.96 Å². The lowest BCUT2D eigenvalue weighted by molar-refractivity contribution is -0.129. The van der Waals surface area contributed by atoms with E-state index in [9.17, 15) is 9.59 Å². The summed E-state index contributed by atoms with van der Waals surface area (Å²) >= 11 is 4.69. The van der Waals surface area contributed by atoms with Crippen molar-refractivity contribution in [1.29, 1.82) is 0 Å². The molecule has 0 aliphatic carbocycles. The molecule has 0 saturated carbocycles. The Kier molecular flexibility index (Phi) is 4.91. The Balaban J connectivity index is 1.37. The first kappa shape index (κ1) is 16.8. The van der Waals surface area contributed by atoms with Gasteiger partial charge in [0.25, 0.3) is 5.56 Å². The first-order valence-electron chi connectivity index (χ1n) is 8.09. The third kappa shape index (κ3) is 3.51. The van der Waals surface area contributed by atoms with E-state index in [1.807, 2.05) is 16.3 Å². The average Bonchev–Trinajstić information content (AvgIpc) is 3.34. The largest absolute Gasteiger partial charge is 0.334 e. The fraction of sp³-hybridized carbons (Fsp3) is 0.353. The zero-order chi connectivity index (χ0) is 17.2. The molecule has 4 heterocycles. The molecule has 0 aromatic carbocycles. The summed E-state index contributed by atoms with van der Waals surface area (Å²) in [6.07, 6.45) is 3.84. The maximum absolute atomic E-state index is 12.6. The van der Waals surface area contributed by atoms with Crippen molar-refractivity contribution < 1.29 is 4.79 Å². The summed E-state index contributed by atoms with van der Waals surface area (Å²) < 4.78 is 1.54. The minimum absolute atomic E-state index is 0.0644. The van der Waals surface area contributed by atoms with Crippen LogP contribution in [0.2, 0.25) is 0 Å². The van der Waals surface area contributed by atoms with Gasteiger partial charge >= 0.3 is 0 Å². The van der Waals surface area contributed by atoms with Crippen molar-refractivity contribution in [3.63, 3.8) is 0 Å². The summed E-state index contributed by atoms with van der Waals surface area (Å²) in [6.45, 7) is 0.836. The minimum atomic E-state index is -0.0644. The number of thiophene rings is 1. The van der Waals surface area contributed by atoms with Gasteiger partial charge in [-0.3, -0.25) is 14.0 Å². The van der Waals surface area contributed by atoms with Gasteiger partial charge in [-0.2, -0.15) is 0 Å². The first-order valence-corrected chi connectivity index (χ1v) is 11.0. The summed E-state index contributed by atoms with van der Waals surface area (Å²) in [5, 5.41) is 3.91. The molecule has 0 spiro atoms. The summed E-state index contributed by atoms with van der Waals surface area (Å²) in [5.41, 5.74) is 0.673. The number of nitrogens with zero attached hydrogens (tertiary/aromatic N) is 3. The molecule has 1 aliphatic heterocycles. The van der Waals surface area contributed by atoms with E-state index < -0.39 is 0 Å². The molecule has 1 saturated heterocycles. The summed E-state index contributed by atoms with van der Waals surface area (Å²) in [5.74, 6) is 1.18. The van der Waals surface area contributed by atoms with Crippen LogP contribution in [0, 0.1) is 0 Å². The minimum Gasteiger partial charge on any atom is -0.334 e. The van der Waals surface area contributed by atoms with Crippen LogP contribution in [-0.4, -0.2) is 32.5 Å². The number of rotatable bonds is 5. The maximum Gasteiger partial charge on any atom is 0.258 e. The van der Waals surface area contributed by atoms with Crippen molar-refractivity contribution in [2.24, 2.45) is 0 Å². The van der Waals surface area contributed by atoms with Gasteiger partial charge < -0.3 is 4.90 Å². The second-order valence-corrected chi connectivity index (χ2v) is 8.73. The summed E-state index contributed by atoms with van der Waals surface area (Å²) in [4.78, 5) is 33.1. The molecule has 3 aromatic heterocycles. The topological polar surface area (TPSA) is 54.7 Å². The lowest BCUT2D eigenvalue weighted by Gasteiger charge is -2.23. The van der Waals surface area contributed by atoms with Crippen LogP contribution in [0.1, 0.15) is 29.5 Å². The van der Waals surface area contributed by atoms with E-state index in [-0.39, 0.29) is 17.5 Å². The molecule has 3 aromatic rings. The molecule has 130 valence electrons. The molecule has 5 nitrogen and oxygen atoms in total. The Morgan fingerprint density at radius 3 is 3.12 bits per heavy atom. The van der Waals surface area contributed by atoms with Gasteiger partial charge in [-0.05, 0) is 24.3 Å². The predicted molar refractivity (Wildman–Crippen MR) is 104 cm³/mol. The molecule has 25 heavy (non-hydrogen) atoms. The third-order valence-electron chi connectivity index (χ3n) is 4.28. The van der Waals surface area contributed by atoms with Gasteiger partial charge in [0.05, 0.1) is 17.5 Å². The Morgan fingerprint density at radius 2 is 2.28 bits per heavy atom. The van der Waals surface area contributed by atoms with Gasteiger partial charge in [0, 0.05) is 34.8 Å². The van der Waals surface area contributed by atoms with E-state index in [4.69, 9.17) is 0 Å². The Hall–Kier alpha value is -1.64. The Morgan fingerprint density at radius 1 is 1.36 bits per heavy atom. The molecule has 8 heteroatoms. The molecule has 0 bridgehead atoms. The highest BCUT2D eigenvalue weighted by Crippen LogP contribution is 2.34. The number of hydrogen-bond donors (Lipinski definition) is 0. The van der Waals surface area contributed by atoms with Crippen LogP contribution >= 0.6 is 34.4 Å². The van der Waals surface area contributed by atoms with Crippen LogP contribution in [0.15, 0.2) is 40.0 Å². The fourth-order valence-electron chi connectivity index (χ4n) is 3.13. The van der Waals surface area contributed by atoms with Gasteiger partial charge in [-0.1, -0.05) is 6.07 Å². The number of carbonyl (C=O) groups is 1. The van der Waals surface area contributed by atoms with Crippen molar-refractivity contribution in [3.8, 4) is 0 Å². The lowest BCUT2D eigenvalue weighted by Crippen LogP contribution is -2.31. The van der Waals surface area contributed by atoms with Crippen LogP contribution in [-0.2, 0) is 10.5 Å². The molecular weight excluding hydrogens is 374 g/mol. The second-order valence-electron chi connectivity index (χ2n) is 5.89. The zero-order valence-corrected chi connectivity index (χ0v) is 15.9. The van der Waals surface area contributed by atoms with Crippen LogP contribution in [0.3, 0.4) is 0 Å². The molecule has 0 N–H and O–H groups in total. The summed E-state index contributed by atoms with van der Waals surface area (Å²) in [6, 6.07) is 5.95. The zero-order valence-electron chi connectivity index (χ0n) is 13.5. The van der Waals surface area contributed by atoms with Gasteiger partial charge in [0.2, 0.25) is 5.91 Å². The predicted octanol–water partition coefficient (Wildman–Crippen LogP) is 3.41. The summed E-state index contributed by atoms with van der Waals surface area (Å²) in [7, 11) is 0. The molecule has 1 fully saturated rings. The molecule has 1 amide bonds. The standard InChI is InChI=1S/C17H17N3O2S3/c21-15-9-12(18-17-20(15)6-8-25-17)10-23-11-16(22)19-5-1-3-13(19)14-4-2-7-24-14/h2,4,6-9,13H,1,3,5,10-11H2. The smallest absolute Gasteiger partial charge is 0.258 e. The SMILES string of the molecule is O=C(CSCc1cc(=O)n2ccsc2n1)N1CCCC1c1cccs1. The fourth-order valence-corrected chi connectivity index (χ4v) is 5.54. The van der Waals surface area contributed by atoms with E-state index in [1.165, 1.54) is 28.0 Å². The molecule has 1 aliphatic rings. The number of likely N-dealkylation sites (tertiary alicyclic amines) is 1. The van der Waals surface area contributed by atoms with Crippen molar-refractivity contribution in [2.75, 3.05) is 12.3 Å². The third-order valence-corrected chi connectivity index (χ3v) is 6.96. The highest BCUT2D eigenvalue weighted by Gasteiger charge is 2.30. The number of amides is 1. The monoisotopic (exact) mass is 391 g/mol. The van der Waals surface area contributed by atoms with Crippen molar-refractivity contribution in [3.05, 3.63) is 56.1 Å². The van der Waals surface area contributed by atoms with Crippen molar-refractivity contribution >= 4 is 45.3 Å². The van der Waals surface area contributed by atoms with Gasteiger partial charge in [0.15, 0.2) is 4.96 Å². The molecule has 4 rings (SSSR count). The number of hydrogen-bond acceptors (Lipinski definition) is 6. The van der Waals surface area contributed by atoms with Crippen LogP contribution in [0.4, 0.5) is 0 Å². The van der Waals surface area contributed by atoms with Gasteiger partial charge in [-0.25, -0.2) is 4.98 Å². The Bertz CT molecular complexity index is 932. The number of thioether (sulfide) groups is 1. The van der Waals surface area contributed by atoms with E-state index in [2.05, 4.69) is 16.4 Å². The first-order chi connectivity index (χ1) is 12.2. The van der Waals surface area contributed by atoms with Gasteiger partial charge in [0.1, 0.15) is 0 Å². The van der Waals surface area contributed by atoms with Crippen LogP contribution in [0.5, 0.6) is 0 Å². The number of thiazole rings is 1. The van der Waals surface area contributed by atoms with E-state index in [1.54, 1.807) is 28.0 Å². The highest BCUT2D eigenvalue weighted by molar-refractivity contribution is 7.99. The molecular formula is C17H17N3O2S3. The number of fused-ring (bicyclic) bond motifs is 1. The Labute approximate surface area is 157 Å². The quantitative estimate of drug-likeness (QED) is 0.669. The second kappa shape index (κ2) is 7.31. The number of carbonyl (C=O) groups excluding carboxylic acids is 1.